The average molecular weight is 280 g/mol. The van der Waals surface area contributed by atoms with E-state index in [1.807, 2.05) is 0 Å². The standard InChI is InChI=1S/CH2O3.2Na.H4O7Si2/c2-1(3)4;;;1-8(2,3)7-9(4,5)6/h(H2,2,3,4);;;1-4H/q;2*+1;-2. The first-order valence-corrected chi connectivity index (χ1v) is 5.78. The Hall–Kier alpha value is 1.42. The quantitative estimate of drug-likeness (QED) is 0.264. The first kappa shape index (κ1) is 25.3. The van der Waals surface area contributed by atoms with Crippen molar-refractivity contribution in [3.63, 3.8) is 0 Å². The van der Waals surface area contributed by atoms with Crippen LogP contribution in [0.15, 0.2) is 0 Å². The molecular formula is CH6Na2O10Si2. The zero-order valence-corrected chi connectivity index (χ0v) is 13.8. The maximum absolute atomic E-state index is 9.59. The van der Waals surface area contributed by atoms with Crippen LogP contribution in [0.5, 0.6) is 0 Å². The molecule has 0 fully saturated rings. The van der Waals surface area contributed by atoms with Crippen molar-refractivity contribution in [3.05, 3.63) is 0 Å². The average Bonchev–Trinajstić information content (AvgIpc) is 1.47. The molecule has 0 aliphatic rings. The van der Waals surface area contributed by atoms with Crippen LogP contribution in [0.1, 0.15) is 0 Å². The summed E-state index contributed by atoms with van der Waals surface area (Å²) >= 11 is 0. The van der Waals surface area contributed by atoms with E-state index in [9.17, 15) is 9.59 Å². The third-order valence-electron chi connectivity index (χ3n) is 0.266. The van der Waals surface area contributed by atoms with Crippen LogP contribution in [-0.4, -0.2) is 53.6 Å². The van der Waals surface area contributed by atoms with Crippen LogP contribution >= 0.6 is 0 Å². The maximum Gasteiger partial charge on any atom is 1.00 e. The molecule has 0 unspecified atom stereocenters. The van der Waals surface area contributed by atoms with Gasteiger partial charge in [0, 0.05) is 0 Å². The van der Waals surface area contributed by atoms with E-state index in [0.717, 1.165) is 0 Å². The van der Waals surface area contributed by atoms with Crippen LogP contribution < -0.4 is 68.7 Å². The van der Waals surface area contributed by atoms with E-state index in [4.69, 9.17) is 34.2 Å². The van der Waals surface area contributed by atoms with Crippen molar-refractivity contribution < 1.29 is 107 Å². The molecule has 0 aliphatic carbocycles. The molecule has 10 nitrogen and oxygen atoms in total. The normalized spacial score (nSPS) is 10.0. The maximum atomic E-state index is 9.59. The van der Waals surface area contributed by atoms with Gasteiger partial charge in [-0.15, -0.1) is 0 Å². The minimum Gasteiger partial charge on any atom is -0.829 e. The minimum absolute atomic E-state index is 0. The molecule has 6 N–H and O–H groups in total. The van der Waals surface area contributed by atoms with Crippen LogP contribution in [0.2, 0.25) is 0 Å². The Balaban J connectivity index is -0.0000000883. The second-order valence-electron chi connectivity index (χ2n) is 1.48. The Morgan fingerprint density at radius 2 is 1.20 bits per heavy atom. The summed E-state index contributed by atoms with van der Waals surface area (Å²) in [5.74, 6) is 0. The minimum atomic E-state index is -5.48. The molecular weight excluding hydrogens is 274 g/mol. The van der Waals surface area contributed by atoms with E-state index in [-0.39, 0.29) is 59.1 Å². The summed E-state index contributed by atoms with van der Waals surface area (Å²) in [7, 11) is -10.6. The van der Waals surface area contributed by atoms with E-state index in [0.29, 0.717) is 0 Å². The monoisotopic (exact) mass is 280 g/mol. The van der Waals surface area contributed by atoms with Gasteiger partial charge in [0.25, 0.3) is 0 Å². The van der Waals surface area contributed by atoms with Crippen molar-refractivity contribution in [1.82, 2.24) is 0 Å². The molecule has 0 spiro atoms. The Morgan fingerprint density at radius 1 is 1.00 bits per heavy atom. The van der Waals surface area contributed by atoms with Crippen LogP contribution in [0.25, 0.3) is 0 Å². The molecule has 0 aromatic carbocycles. The summed E-state index contributed by atoms with van der Waals surface area (Å²) in [6.07, 6.45) is -1.83. The van der Waals surface area contributed by atoms with Crippen LogP contribution in [0.3, 0.4) is 0 Å². The molecule has 0 amide bonds. The third kappa shape index (κ3) is 50.4. The van der Waals surface area contributed by atoms with E-state index >= 15 is 0 Å². The van der Waals surface area contributed by atoms with Crippen molar-refractivity contribution in [3.8, 4) is 0 Å². The van der Waals surface area contributed by atoms with Crippen molar-refractivity contribution in [2.75, 3.05) is 0 Å². The summed E-state index contributed by atoms with van der Waals surface area (Å²) in [4.78, 5) is 59.0. The van der Waals surface area contributed by atoms with E-state index in [2.05, 4.69) is 4.12 Å². The fourth-order valence-electron chi connectivity index (χ4n) is 0.173. The first-order valence-electron chi connectivity index (χ1n) is 2.36. The number of carbonyl (C=O) groups is 1. The van der Waals surface area contributed by atoms with Crippen LogP contribution in [0.4, 0.5) is 4.79 Å². The summed E-state index contributed by atoms with van der Waals surface area (Å²) in [6.45, 7) is 0. The molecule has 14 heteroatoms. The fourth-order valence-corrected chi connectivity index (χ4v) is 1.56. The predicted octanol–water partition coefficient (Wildman–Crippen LogP) is -11.2. The SMILES string of the molecule is O=C(O)O.[Na+].[Na+].[O-][Si]([O-])(O)O[Si](O)(O)O. The summed E-state index contributed by atoms with van der Waals surface area (Å²) in [6, 6.07) is 0. The first-order chi connectivity index (χ1) is 5.44. The van der Waals surface area contributed by atoms with Crippen LogP contribution in [0, 0.1) is 0 Å². The Labute approximate surface area is 130 Å². The molecule has 0 rings (SSSR count). The topological polar surface area (TPSA) is 194 Å². The van der Waals surface area contributed by atoms with Gasteiger partial charge in [-0.2, -0.15) is 0 Å². The molecule has 0 saturated heterocycles. The van der Waals surface area contributed by atoms with Gasteiger partial charge in [0.1, 0.15) is 9.05 Å². The van der Waals surface area contributed by atoms with Crippen LogP contribution in [-0.2, 0) is 4.12 Å². The van der Waals surface area contributed by atoms with Gasteiger partial charge in [-0.05, 0) is 0 Å². The molecule has 0 saturated carbocycles. The van der Waals surface area contributed by atoms with Crippen molar-refractivity contribution in [2.24, 2.45) is 0 Å². The molecule has 0 aromatic heterocycles. The number of rotatable bonds is 2. The number of hydrogen-bond acceptors (Lipinski definition) is 8. The van der Waals surface area contributed by atoms with Gasteiger partial charge < -0.3 is 43.1 Å². The van der Waals surface area contributed by atoms with Crippen molar-refractivity contribution >= 4 is 24.3 Å². The third-order valence-corrected chi connectivity index (χ3v) is 2.39. The van der Waals surface area contributed by atoms with Crippen molar-refractivity contribution in [2.45, 2.75) is 0 Å². The Bertz CT molecular complexity index is 144. The molecule has 0 radical (unpaired) electrons. The van der Waals surface area contributed by atoms with Gasteiger partial charge in [-0.1, -0.05) is 0 Å². The van der Waals surface area contributed by atoms with E-state index in [1.54, 1.807) is 0 Å². The summed E-state index contributed by atoms with van der Waals surface area (Å²) in [5, 5.41) is 13.9. The van der Waals surface area contributed by atoms with E-state index in [1.165, 1.54) is 0 Å². The fraction of sp³-hybridized carbons (Fsp3) is 0. The van der Waals surface area contributed by atoms with Gasteiger partial charge in [0.2, 0.25) is 0 Å². The molecule has 0 bridgehead atoms. The molecule has 80 valence electrons. The van der Waals surface area contributed by atoms with Crippen molar-refractivity contribution in [1.29, 1.82) is 0 Å². The largest absolute Gasteiger partial charge is 1.00 e. The van der Waals surface area contributed by atoms with E-state index < -0.39 is 24.3 Å². The number of hydrogen-bond donors (Lipinski definition) is 6. The predicted molar refractivity (Wildman–Crippen MR) is 32.1 cm³/mol. The Kier molecular flexibility index (Phi) is 17.8. The molecule has 0 atom stereocenters. The summed E-state index contributed by atoms with van der Waals surface area (Å²) in [5.41, 5.74) is 0. The van der Waals surface area contributed by atoms with Gasteiger partial charge in [-0.3, -0.25) is 0 Å². The second-order valence-corrected chi connectivity index (χ2v) is 4.49. The van der Waals surface area contributed by atoms with Gasteiger partial charge in [0.15, 0.2) is 0 Å². The van der Waals surface area contributed by atoms with Gasteiger partial charge in [-0.25, -0.2) is 4.79 Å². The molecule has 0 aromatic rings. The smallest absolute Gasteiger partial charge is 0.829 e. The zero-order valence-electron chi connectivity index (χ0n) is 7.82. The summed E-state index contributed by atoms with van der Waals surface area (Å²) < 4.78 is 3.01. The molecule has 15 heavy (non-hydrogen) atoms. The second kappa shape index (κ2) is 10.6. The van der Waals surface area contributed by atoms with Gasteiger partial charge in [0.05, 0.1) is 0 Å². The molecule has 0 aliphatic heterocycles. The number of carboxylic acid groups (broad SMARTS) is 2. The Morgan fingerprint density at radius 3 is 1.20 bits per heavy atom. The van der Waals surface area contributed by atoms with Gasteiger partial charge >= 0.3 is 74.3 Å². The molecule has 0 heterocycles. The zero-order chi connectivity index (χ0) is 11.3.